The van der Waals surface area contributed by atoms with Crippen molar-refractivity contribution in [3.8, 4) is 5.88 Å². The number of benzene rings is 4. The van der Waals surface area contributed by atoms with E-state index in [0.29, 0.717) is 59.1 Å². The average Bonchev–Trinajstić information content (AvgIpc) is 3.18. The summed E-state index contributed by atoms with van der Waals surface area (Å²) in [6, 6.07) is 32.4. The van der Waals surface area contributed by atoms with Gasteiger partial charge in [-0.1, -0.05) is 84.9 Å². The van der Waals surface area contributed by atoms with E-state index in [1.165, 1.54) is 4.90 Å². The highest BCUT2D eigenvalue weighted by molar-refractivity contribution is 6.14. The van der Waals surface area contributed by atoms with Gasteiger partial charge >= 0.3 is 5.97 Å². The van der Waals surface area contributed by atoms with Crippen LogP contribution in [0, 0.1) is 6.92 Å². The first kappa shape index (κ1) is 31.9. The van der Waals surface area contributed by atoms with Gasteiger partial charge in [-0.2, -0.15) is 4.98 Å². The molecule has 1 aliphatic rings. The lowest BCUT2D eigenvalue weighted by Gasteiger charge is -2.37. The van der Waals surface area contributed by atoms with Crippen molar-refractivity contribution in [1.29, 1.82) is 0 Å². The molecule has 2 amide bonds. The summed E-state index contributed by atoms with van der Waals surface area (Å²) in [5, 5.41) is 10.1. The highest BCUT2D eigenvalue weighted by Gasteiger charge is 2.45. The average molecular weight is 642 g/mol. The molecule has 1 aliphatic heterocycles. The Morgan fingerprint density at radius 2 is 1.56 bits per heavy atom. The van der Waals surface area contributed by atoms with Crippen LogP contribution in [0.25, 0.3) is 0 Å². The zero-order valence-corrected chi connectivity index (χ0v) is 26.4. The quantitative estimate of drug-likeness (QED) is 0.157. The normalized spacial score (nSPS) is 15.1. The van der Waals surface area contributed by atoms with Gasteiger partial charge in [-0.05, 0) is 60.7 Å². The zero-order chi connectivity index (χ0) is 33.6. The topological polar surface area (TPSA) is 139 Å². The number of anilines is 3. The second kappa shape index (κ2) is 14.2. The number of carbonyl (C=O) groups excluding carboxylic acids is 2. The molecule has 10 heteroatoms. The number of ether oxygens (including phenoxy) is 1. The van der Waals surface area contributed by atoms with Crippen LogP contribution in [0.15, 0.2) is 115 Å². The molecule has 0 radical (unpaired) electrons. The number of carboxylic acid groups (broad SMARTS) is 1. The fourth-order valence-corrected chi connectivity index (χ4v) is 6.13. The first-order valence-corrected chi connectivity index (χ1v) is 15.7. The Hall–Kier alpha value is -6.03. The van der Waals surface area contributed by atoms with Crippen LogP contribution in [0.5, 0.6) is 5.88 Å². The van der Waals surface area contributed by atoms with E-state index >= 15 is 0 Å². The van der Waals surface area contributed by atoms with Gasteiger partial charge in [0.1, 0.15) is 6.04 Å². The molecule has 5 aromatic rings. The largest absolute Gasteiger partial charge is 0.481 e. The molecule has 10 nitrogen and oxygen atoms in total. The van der Waals surface area contributed by atoms with Gasteiger partial charge in [-0.3, -0.25) is 19.3 Å². The lowest BCUT2D eigenvalue weighted by Crippen LogP contribution is -2.43. The Balaban J connectivity index is 1.44. The van der Waals surface area contributed by atoms with Gasteiger partial charge in [0.2, 0.25) is 11.8 Å². The highest BCUT2D eigenvalue weighted by Crippen LogP contribution is 2.43. The molecule has 0 saturated heterocycles. The van der Waals surface area contributed by atoms with Crippen molar-refractivity contribution in [3.05, 3.63) is 143 Å². The van der Waals surface area contributed by atoms with E-state index < -0.39 is 30.4 Å². The summed E-state index contributed by atoms with van der Waals surface area (Å²) in [7, 11) is 0. The molecule has 2 atom stereocenters. The molecule has 0 fully saturated rings. The number of aliphatic carboxylic acids is 1. The molecular weight excluding hydrogens is 606 g/mol. The van der Waals surface area contributed by atoms with Crippen molar-refractivity contribution >= 4 is 35.1 Å². The van der Waals surface area contributed by atoms with Gasteiger partial charge in [-0.15, -0.1) is 0 Å². The molecule has 4 aromatic carbocycles. The SMILES string of the molecule is Cc1cc(OCCCc2ccc3c(c2)C(=O)N(C(CC(=O)O)c2ccccc2)C(c2ccccc2)C(=O)N3c2ccccc2)nc(N)n1. The maximum Gasteiger partial charge on any atom is 0.305 e. The molecular formula is C38H35N5O5. The molecule has 2 heterocycles. The van der Waals surface area contributed by atoms with Crippen molar-refractivity contribution in [2.75, 3.05) is 17.2 Å². The summed E-state index contributed by atoms with van der Waals surface area (Å²) in [5.74, 6) is -1.37. The number of hydrogen-bond acceptors (Lipinski definition) is 7. The minimum atomic E-state index is -1.11. The van der Waals surface area contributed by atoms with Crippen molar-refractivity contribution in [2.45, 2.75) is 38.3 Å². The second-order valence-electron chi connectivity index (χ2n) is 11.6. The monoisotopic (exact) mass is 641 g/mol. The Morgan fingerprint density at radius 3 is 2.23 bits per heavy atom. The molecule has 0 bridgehead atoms. The van der Waals surface area contributed by atoms with Gasteiger partial charge in [0.25, 0.3) is 11.8 Å². The van der Waals surface area contributed by atoms with Crippen LogP contribution in [0.2, 0.25) is 0 Å². The number of aryl methyl sites for hydroxylation is 2. The second-order valence-corrected chi connectivity index (χ2v) is 11.6. The number of carboxylic acids is 1. The Kier molecular flexibility index (Phi) is 9.43. The molecule has 2 unspecified atom stereocenters. The predicted octanol–water partition coefficient (Wildman–Crippen LogP) is 6.46. The number of fused-ring (bicyclic) bond motifs is 1. The standard InChI is InChI=1S/C38H35N5O5/c1-25-22-33(41-38(39)40-25)48-21-11-12-26-19-20-31-30(23-26)36(46)43(32(24-34(44)45)27-13-5-2-6-14-27)35(28-15-7-3-8-16-28)37(47)42(31)29-17-9-4-10-18-29/h2-10,13-20,22-23,32,35H,11-12,21,24H2,1H3,(H,44,45)(H2,39,40,41). The fraction of sp³-hybridized carbons (Fsp3) is 0.184. The molecule has 3 N–H and O–H groups in total. The Bertz CT molecular complexity index is 1900. The van der Waals surface area contributed by atoms with Gasteiger partial charge in [0.05, 0.1) is 30.3 Å². The van der Waals surface area contributed by atoms with Crippen LogP contribution < -0.4 is 15.4 Å². The molecule has 242 valence electrons. The molecule has 0 saturated carbocycles. The lowest BCUT2D eigenvalue weighted by atomic mass is 9.95. The first-order chi connectivity index (χ1) is 23.3. The molecule has 1 aromatic heterocycles. The summed E-state index contributed by atoms with van der Waals surface area (Å²) in [4.78, 5) is 53.5. The maximum atomic E-state index is 15.0. The molecule has 6 rings (SSSR count). The van der Waals surface area contributed by atoms with Crippen molar-refractivity contribution in [1.82, 2.24) is 14.9 Å². The van der Waals surface area contributed by atoms with Gasteiger partial charge < -0.3 is 20.5 Å². The van der Waals surface area contributed by atoms with Crippen LogP contribution in [0.1, 0.15) is 57.7 Å². The van der Waals surface area contributed by atoms with E-state index in [9.17, 15) is 19.5 Å². The number of amides is 2. The molecule has 0 aliphatic carbocycles. The first-order valence-electron chi connectivity index (χ1n) is 15.7. The van der Waals surface area contributed by atoms with E-state index in [1.807, 2.05) is 67.6 Å². The van der Waals surface area contributed by atoms with Crippen LogP contribution >= 0.6 is 0 Å². The Morgan fingerprint density at radius 1 is 0.896 bits per heavy atom. The number of nitrogen functional groups attached to an aromatic ring is 1. The van der Waals surface area contributed by atoms with E-state index in [4.69, 9.17) is 10.5 Å². The van der Waals surface area contributed by atoms with Crippen LogP contribution in [-0.4, -0.2) is 44.4 Å². The third-order valence-corrected chi connectivity index (χ3v) is 8.22. The van der Waals surface area contributed by atoms with E-state index in [0.717, 1.165) is 5.56 Å². The van der Waals surface area contributed by atoms with Gasteiger partial charge in [0, 0.05) is 17.4 Å². The van der Waals surface area contributed by atoms with Crippen molar-refractivity contribution < 1.29 is 24.2 Å². The van der Waals surface area contributed by atoms with E-state index in [-0.39, 0.29) is 11.9 Å². The number of para-hydroxylation sites is 1. The smallest absolute Gasteiger partial charge is 0.305 e. The van der Waals surface area contributed by atoms with E-state index in [1.54, 1.807) is 59.5 Å². The third-order valence-electron chi connectivity index (χ3n) is 8.22. The number of aromatic nitrogens is 2. The summed E-state index contributed by atoms with van der Waals surface area (Å²) in [6.45, 7) is 2.16. The fourth-order valence-electron chi connectivity index (χ4n) is 6.13. The summed E-state index contributed by atoms with van der Waals surface area (Å²) in [5.41, 5.74) is 9.83. The minimum Gasteiger partial charge on any atom is -0.481 e. The Labute approximate surface area is 278 Å². The summed E-state index contributed by atoms with van der Waals surface area (Å²) >= 11 is 0. The number of hydrogen-bond donors (Lipinski definition) is 2. The third kappa shape index (κ3) is 6.87. The molecule has 48 heavy (non-hydrogen) atoms. The van der Waals surface area contributed by atoms with Gasteiger partial charge in [0.15, 0.2) is 0 Å². The highest BCUT2D eigenvalue weighted by atomic mass is 16.5. The van der Waals surface area contributed by atoms with Crippen LogP contribution in [-0.2, 0) is 16.0 Å². The van der Waals surface area contributed by atoms with E-state index in [2.05, 4.69) is 9.97 Å². The van der Waals surface area contributed by atoms with Crippen LogP contribution in [0.3, 0.4) is 0 Å². The van der Waals surface area contributed by atoms with Crippen LogP contribution in [0.4, 0.5) is 17.3 Å². The number of carbonyl (C=O) groups is 3. The summed E-state index contributed by atoms with van der Waals surface area (Å²) in [6.07, 6.45) is 0.787. The molecule has 0 spiro atoms. The summed E-state index contributed by atoms with van der Waals surface area (Å²) < 4.78 is 5.81. The van der Waals surface area contributed by atoms with Gasteiger partial charge in [-0.25, -0.2) is 4.98 Å². The van der Waals surface area contributed by atoms with Crippen molar-refractivity contribution in [3.63, 3.8) is 0 Å². The van der Waals surface area contributed by atoms with Crippen molar-refractivity contribution in [2.24, 2.45) is 0 Å². The zero-order valence-electron chi connectivity index (χ0n) is 26.4. The maximum absolute atomic E-state index is 15.0. The predicted molar refractivity (Wildman–Crippen MR) is 182 cm³/mol. The minimum absolute atomic E-state index is 0.141. The lowest BCUT2D eigenvalue weighted by molar-refractivity contribution is -0.139. The number of nitrogens with zero attached hydrogens (tertiary/aromatic N) is 4. The number of nitrogens with two attached hydrogens (primary N) is 1. The number of rotatable bonds is 11.